The predicted octanol–water partition coefficient (Wildman–Crippen LogP) is 1.29. The molecule has 1 atom stereocenters. The molecule has 2 aromatic rings. The van der Waals surface area contributed by atoms with Crippen LogP contribution in [0.25, 0.3) is 5.69 Å². The molecule has 0 aliphatic carbocycles. The lowest BCUT2D eigenvalue weighted by Crippen LogP contribution is -2.18. The molecule has 0 radical (unpaired) electrons. The van der Waals surface area contributed by atoms with Gasteiger partial charge in [-0.1, -0.05) is 6.07 Å². The van der Waals surface area contributed by atoms with Crippen LogP contribution in [0.15, 0.2) is 30.5 Å². The fourth-order valence-electron chi connectivity index (χ4n) is 2.04. The van der Waals surface area contributed by atoms with E-state index in [0.717, 1.165) is 0 Å². The van der Waals surface area contributed by atoms with Gasteiger partial charge in [-0.05, 0) is 25.1 Å². The summed E-state index contributed by atoms with van der Waals surface area (Å²) in [7, 11) is 3.10. The second-order valence-electron chi connectivity index (χ2n) is 4.29. The van der Waals surface area contributed by atoms with Gasteiger partial charge in [0.2, 0.25) is 0 Å². The highest BCUT2D eigenvalue weighted by Gasteiger charge is 2.17. The quantitative estimate of drug-likeness (QED) is 0.881. The van der Waals surface area contributed by atoms with Crippen LogP contribution in [-0.4, -0.2) is 35.0 Å². The molecule has 2 rings (SSSR count). The summed E-state index contributed by atoms with van der Waals surface area (Å²) in [5, 5.41) is 16.7. The summed E-state index contributed by atoms with van der Waals surface area (Å²) in [6.45, 7) is 1.66. The summed E-state index contributed by atoms with van der Waals surface area (Å²) in [6.07, 6.45) is 0.958. The molecule has 1 heterocycles. The van der Waals surface area contributed by atoms with E-state index in [4.69, 9.17) is 4.74 Å². The van der Waals surface area contributed by atoms with Crippen LogP contribution in [0, 0.1) is 0 Å². The number of rotatable bonds is 4. The van der Waals surface area contributed by atoms with E-state index in [2.05, 4.69) is 10.4 Å². The number of ether oxygens (including phenoxy) is 1. The Morgan fingerprint density at radius 1 is 1.45 bits per heavy atom. The number of hydrogen-bond acceptors (Lipinski definition) is 4. The zero-order valence-electron chi connectivity index (χ0n) is 11.6. The van der Waals surface area contributed by atoms with Crippen molar-refractivity contribution >= 4 is 5.91 Å². The summed E-state index contributed by atoms with van der Waals surface area (Å²) in [6, 6.07) is 7.01. The molecular formula is C14H17N3O3. The van der Waals surface area contributed by atoms with Crippen LogP contribution in [0.2, 0.25) is 0 Å². The maximum atomic E-state index is 11.5. The first-order valence-corrected chi connectivity index (χ1v) is 6.21. The van der Waals surface area contributed by atoms with Gasteiger partial charge in [-0.15, -0.1) is 0 Å². The molecule has 2 N–H and O–H groups in total. The third kappa shape index (κ3) is 2.50. The van der Waals surface area contributed by atoms with Crippen molar-refractivity contribution in [2.75, 3.05) is 14.2 Å². The number of aromatic nitrogens is 2. The Balaban J connectivity index is 2.52. The van der Waals surface area contributed by atoms with Gasteiger partial charge in [-0.2, -0.15) is 5.10 Å². The van der Waals surface area contributed by atoms with Crippen LogP contribution in [0.4, 0.5) is 0 Å². The smallest absolute Gasteiger partial charge is 0.271 e. The summed E-state index contributed by atoms with van der Waals surface area (Å²) in [5.41, 5.74) is 1.61. The van der Waals surface area contributed by atoms with Gasteiger partial charge in [0.25, 0.3) is 5.91 Å². The highest BCUT2D eigenvalue weighted by Crippen LogP contribution is 2.30. The molecule has 0 spiro atoms. The molecule has 6 heteroatoms. The number of nitrogens with one attached hydrogen (secondary N) is 1. The SMILES string of the molecule is CNC(=O)c1ccn(-c2cccc(OC)c2C(C)O)n1. The normalized spacial score (nSPS) is 12.0. The van der Waals surface area contributed by atoms with E-state index in [9.17, 15) is 9.90 Å². The maximum Gasteiger partial charge on any atom is 0.271 e. The number of carbonyl (C=O) groups excluding carboxylic acids is 1. The largest absolute Gasteiger partial charge is 0.496 e. The monoisotopic (exact) mass is 275 g/mol. The molecule has 0 aliphatic rings. The highest BCUT2D eigenvalue weighted by molar-refractivity contribution is 5.91. The lowest BCUT2D eigenvalue weighted by molar-refractivity contribution is 0.0957. The van der Waals surface area contributed by atoms with E-state index in [0.29, 0.717) is 22.7 Å². The average Bonchev–Trinajstić information content (AvgIpc) is 2.95. The summed E-state index contributed by atoms with van der Waals surface area (Å²) >= 11 is 0. The molecular weight excluding hydrogens is 258 g/mol. The van der Waals surface area contributed by atoms with Crippen LogP contribution in [0.5, 0.6) is 5.75 Å². The first-order valence-electron chi connectivity index (χ1n) is 6.21. The molecule has 106 valence electrons. The maximum absolute atomic E-state index is 11.5. The van der Waals surface area contributed by atoms with Crippen LogP contribution in [0.1, 0.15) is 29.1 Å². The van der Waals surface area contributed by atoms with Crippen molar-refractivity contribution in [3.63, 3.8) is 0 Å². The summed E-state index contributed by atoms with van der Waals surface area (Å²) < 4.78 is 6.81. The van der Waals surface area contributed by atoms with E-state index < -0.39 is 6.10 Å². The van der Waals surface area contributed by atoms with Crippen molar-refractivity contribution in [2.45, 2.75) is 13.0 Å². The summed E-state index contributed by atoms with van der Waals surface area (Å²) in [5.74, 6) is 0.319. The van der Waals surface area contributed by atoms with E-state index in [1.807, 2.05) is 6.07 Å². The van der Waals surface area contributed by atoms with Crippen molar-refractivity contribution in [2.24, 2.45) is 0 Å². The topological polar surface area (TPSA) is 76.4 Å². The first kappa shape index (κ1) is 14.1. The highest BCUT2D eigenvalue weighted by atomic mass is 16.5. The molecule has 6 nitrogen and oxygen atoms in total. The molecule has 0 aliphatic heterocycles. The third-order valence-corrected chi connectivity index (χ3v) is 2.98. The van der Waals surface area contributed by atoms with E-state index in [1.165, 1.54) is 0 Å². The standard InChI is InChI=1S/C14H17N3O3/c1-9(18)13-11(5-4-6-12(13)20-3)17-8-7-10(16-17)14(19)15-2/h4-9,18H,1-3H3,(H,15,19). The lowest BCUT2D eigenvalue weighted by Gasteiger charge is -2.15. The van der Waals surface area contributed by atoms with E-state index in [1.54, 1.807) is 50.2 Å². The minimum atomic E-state index is -0.714. The fraction of sp³-hybridized carbons (Fsp3) is 0.286. The Morgan fingerprint density at radius 2 is 2.20 bits per heavy atom. The van der Waals surface area contributed by atoms with Crippen LogP contribution in [-0.2, 0) is 0 Å². The number of carbonyl (C=O) groups is 1. The molecule has 0 saturated heterocycles. The Bertz CT molecular complexity index is 620. The number of aliphatic hydroxyl groups excluding tert-OH is 1. The molecule has 0 saturated carbocycles. The molecule has 1 aromatic heterocycles. The third-order valence-electron chi connectivity index (χ3n) is 2.98. The van der Waals surface area contributed by atoms with E-state index in [-0.39, 0.29) is 5.91 Å². The summed E-state index contributed by atoms with van der Waals surface area (Å²) in [4.78, 5) is 11.5. The van der Waals surface area contributed by atoms with Gasteiger partial charge in [0, 0.05) is 18.8 Å². The van der Waals surface area contributed by atoms with Crippen molar-refractivity contribution in [3.05, 3.63) is 41.7 Å². The lowest BCUT2D eigenvalue weighted by atomic mass is 10.1. The van der Waals surface area contributed by atoms with Crippen LogP contribution < -0.4 is 10.1 Å². The number of methoxy groups -OCH3 is 1. The minimum absolute atomic E-state index is 0.259. The van der Waals surface area contributed by atoms with Crippen LogP contribution in [0.3, 0.4) is 0 Å². The molecule has 1 unspecified atom stereocenters. The molecule has 1 aromatic carbocycles. The van der Waals surface area contributed by atoms with Gasteiger partial charge in [0.1, 0.15) is 5.75 Å². The average molecular weight is 275 g/mol. The number of aliphatic hydroxyl groups is 1. The van der Waals surface area contributed by atoms with Crippen molar-refractivity contribution in [1.82, 2.24) is 15.1 Å². The minimum Gasteiger partial charge on any atom is -0.496 e. The van der Waals surface area contributed by atoms with Crippen molar-refractivity contribution in [3.8, 4) is 11.4 Å². The molecule has 20 heavy (non-hydrogen) atoms. The van der Waals surface area contributed by atoms with Crippen molar-refractivity contribution in [1.29, 1.82) is 0 Å². The van der Waals surface area contributed by atoms with Gasteiger partial charge >= 0.3 is 0 Å². The fourth-order valence-corrected chi connectivity index (χ4v) is 2.04. The Labute approximate surface area is 117 Å². The Morgan fingerprint density at radius 3 is 2.80 bits per heavy atom. The zero-order valence-corrected chi connectivity index (χ0v) is 11.6. The Hall–Kier alpha value is -2.34. The van der Waals surface area contributed by atoms with Gasteiger partial charge in [-0.3, -0.25) is 4.79 Å². The van der Waals surface area contributed by atoms with Gasteiger partial charge in [-0.25, -0.2) is 4.68 Å². The second kappa shape index (κ2) is 5.75. The molecule has 0 bridgehead atoms. The number of nitrogens with zero attached hydrogens (tertiary/aromatic N) is 2. The zero-order chi connectivity index (χ0) is 14.7. The Kier molecular flexibility index (Phi) is 4.05. The van der Waals surface area contributed by atoms with E-state index >= 15 is 0 Å². The first-order chi connectivity index (χ1) is 9.58. The predicted molar refractivity (Wildman–Crippen MR) is 74.1 cm³/mol. The van der Waals surface area contributed by atoms with Crippen molar-refractivity contribution < 1.29 is 14.6 Å². The second-order valence-corrected chi connectivity index (χ2v) is 4.29. The van der Waals surface area contributed by atoms with Gasteiger partial charge in [0.15, 0.2) is 5.69 Å². The molecule has 0 fully saturated rings. The van der Waals surface area contributed by atoms with Gasteiger partial charge in [0.05, 0.1) is 18.9 Å². The number of hydrogen-bond donors (Lipinski definition) is 2. The number of amides is 1. The van der Waals surface area contributed by atoms with Gasteiger partial charge < -0.3 is 15.2 Å². The molecule has 1 amide bonds. The van der Waals surface area contributed by atoms with Crippen LogP contribution >= 0.6 is 0 Å². The number of benzene rings is 1.